The average Bonchev–Trinajstić information content (AvgIpc) is 2.81. The van der Waals surface area contributed by atoms with Crippen LogP contribution in [0.2, 0.25) is 0 Å². The van der Waals surface area contributed by atoms with Crippen molar-refractivity contribution in [3.63, 3.8) is 0 Å². The van der Waals surface area contributed by atoms with Crippen LogP contribution in [0.3, 0.4) is 0 Å². The Morgan fingerprint density at radius 3 is 3.00 bits per heavy atom. The monoisotopic (exact) mass is 238 g/mol. The number of hydrogen-bond donors (Lipinski definition) is 2. The van der Waals surface area contributed by atoms with E-state index in [1.165, 1.54) is 0 Å². The summed E-state index contributed by atoms with van der Waals surface area (Å²) in [6.45, 7) is 1.59. The zero-order valence-corrected chi connectivity index (χ0v) is 9.67. The van der Waals surface area contributed by atoms with E-state index in [-0.39, 0.29) is 6.10 Å². The summed E-state index contributed by atoms with van der Waals surface area (Å²) in [5.41, 5.74) is 0. The van der Waals surface area contributed by atoms with Crippen molar-refractivity contribution in [2.75, 3.05) is 18.5 Å². The summed E-state index contributed by atoms with van der Waals surface area (Å²) in [5.74, 6) is 0.507. The SMILES string of the molecule is S=C(NC[C@H]1CCCO1)Nc1ncccn1. The van der Waals surface area contributed by atoms with Crippen molar-refractivity contribution in [1.29, 1.82) is 0 Å². The van der Waals surface area contributed by atoms with E-state index in [0.717, 1.165) is 26.0 Å². The van der Waals surface area contributed by atoms with Crippen LogP contribution in [0.25, 0.3) is 0 Å². The Morgan fingerprint density at radius 2 is 2.31 bits per heavy atom. The fraction of sp³-hybridized carbons (Fsp3) is 0.500. The maximum Gasteiger partial charge on any atom is 0.228 e. The molecule has 1 saturated heterocycles. The number of nitrogens with one attached hydrogen (secondary N) is 2. The van der Waals surface area contributed by atoms with Gasteiger partial charge >= 0.3 is 0 Å². The molecule has 0 spiro atoms. The van der Waals surface area contributed by atoms with Gasteiger partial charge in [0.25, 0.3) is 0 Å². The molecule has 16 heavy (non-hydrogen) atoms. The minimum absolute atomic E-state index is 0.274. The third-order valence-corrected chi connectivity index (χ3v) is 2.55. The first-order chi connectivity index (χ1) is 7.84. The lowest BCUT2D eigenvalue weighted by Crippen LogP contribution is -2.35. The van der Waals surface area contributed by atoms with E-state index in [9.17, 15) is 0 Å². The molecule has 2 N–H and O–H groups in total. The minimum atomic E-state index is 0.274. The average molecular weight is 238 g/mol. The van der Waals surface area contributed by atoms with Crippen LogP contribution in [0.1, 0.15) is 12.8 Å². The molecule has 1 atom stereocenters. The first-order valence-electron chi connectivity index (χ1n) is 5.28. The highest BCUT2D eigenvalue weighted by molar-refractivity contribution is 7.80. The van der Waals surface area contributed by atoms with Gasteiger partial charge in [-0.1, -0.05) is 0 Å². The molecular weight excluding hydrogens is 224 g/mol. The lowest BCUT2D eigenvalue weighted by molar-refractivity contribution is 0.114. The van der Waals surface area contributed by atoms with Gasteiger partial charge in [0.15, 0.2) is 5.11 Å². The highest BCUT2D eigenvalue weighted by Crippen LogP contribution is 2.10. The van der Waals surface area contributed by atoms with Crippen LogP contribution in [0.5, 0.6) is 0 Å². The normalized spacial score (nSPS) is 19.4. The number of ether oxygens (including phenoxy) is 1. The van der Waals surface area contributed by atoms with Gasteiger partial charge in [0.05, 0.1) is 6.10 Å². The first kappa shape index (κ1) is 11.2. The quantitative estimate of drug-likeness (QED) is 0.764. The smallest absolute Gasteiger partial charge is 0.228 e. The maximum absolute atomic E-state index is 5.47. The topological polar surface area (TPSA) is 59.1 Å². The van der Waals surface area contributed by atoms with E-state index in [4.69, 9.17) is 17.0 Å². The minimum Gasteiger partial charge on any atom is -0.376 e. The zero-order valence-electron chi connectivity index (χ0n) is 8.85. The van der Waals surface area contributed by atoms with Gasteiger partial charge < -0.3 is 15.4 Å². The molecular formula is C10H14N4OS. The van der Waals surface area contributed by atoms with E-state index >= 15 is 0 Å². The lowest BCUT2D eigenvalue weighted by atomic mass is 10.2. The summed E-state index contributed by atoms with van der Waals surface area (Å²) >= 11 is 5.11. The molecule has 0 aliphatic carbocycles. The third-order valence-electron chi connectivity index (χ3n) is 2.31. The van der Waals surface area contributed by atoms with Gasteiger partial charge in [0.2, 0.25) is 5.95 Å². The fourth-order valence-electron chi connectivity index (χ4n) is 1.52. The predicted octanol–water partition coefficient (Wildman–Crippen LogP) is 0.942. The Hall–Kier alpha value is -1.27. The number of hydrogen-bond acceptors (Lipinski definition) is 4. The molecule has 5 nitrogen and oxygen atoms in total. The van der Waals surface area contributed by atoms with Gasteiger partial charge in [0, 0.05) is 25.5 Å². The van der Waals surface area contributed by atoms with Gasteiger partial charge in [-0.15, -0.1) is 0 Å². The van der Waals surface area contributed by atoms with Gasteiger partial charge in [-0.25, -0.2) is 9.97 Å². The fourth-order valence-corrected chi connectivity index (χ4v) is 1.70. The van der Waals surface area contributed by atoms with Crippen LogP contribution in [0.15, 0.2) is 18.5 Å². The molecule has 2 heterocycles. The summed E-state index contributed by atoms with van der Waals surface area (Å²) < 4.78 is 5.47. The molecule has 1 aromatic rings. The van der Waals surface area contributed by atoms with Crippen LogP contribution in [0.4, 0.5) is 5.95 Å². The Labute approximate surface area is 99.6 Å². The Balaban J connectivity index is 1.72. The molecule has 1 aliphatic rings. The van der Waals surface area contributed by atoms with Crippen LogP contribution in [0, 0.1) is 0 Å². The molecule has 86 valence electrons. The summed E-state index contributed by atoms with van der Waals surface area (Å²) in [5, 5.41) is 6.53. The number of thiocarbonyl (C=S) groups is 1. The second-order valence-electron chi connectivity index (χ2n) is 3.54. The Morgan fingerprint density at radius 1 is 1.50 bits per heavy atom. The standard InChI is InChI=1S/C10H14N4OS/c16-10(13-7-8-3-1-6-15-8)14-9-11-4-2-5-12-9/h2,4-5,8H,1,3,6-7H2,(H2,11,12,13,14,16)/t8-/m1/s1. The van der Waals surface area contributed by atoms with Crippen LogP contribution < -0.4 is 10.6 Å². The molecule has 0 aromatic carbocycles. The molecule has 0 unspecified atom stereocenters. The third kappa shape index (κ3) is 3.39. The number of aromatic nitrogens is 2. The molecule has 1 aromatic heterocycles. The molecule has 0 saturated carbocycles. The van der Waals surface area contributed by atoms with Crippen molar-refractivity contribution in [1.82, 2.24) is 15.3 Å². The van der Waals surface area contributed by atoms with Gasteiger partial charge in [-0.2, -0.15) is 0 Å². The number of nitrogens with zero attached hydrogens (tertiary/aromatic N) is 2. The second kappa shape index (κ2) is 5.72. The number of rotatable bonds is 3. The van der Waals surface area contributed by atoms with Crippen molar-refractivity contribution in [3.05, 3.63) is 18.5 Å². The molecule has 6 heteroatoms. The van der Waals surface area contributed by atoms with Gasteiger partial charge in [-0.3, -0.25) is 0 Å². The Kier molecular flexibility index (Phi) is 4.01. The van der Waals surface area contributed by atoms with Crippen LogP contribution in [-0.2, 0) is 4.74 Å². The molecule has 1 aliphatic heterocycles. The van der Waals surface area contributed by atoms with Crippen molar-refractivity contribution in [2.45, 2.75) is 18.9 Å². The van der Waals surface area contributed by atoms with E-state index in [1.807, 2.05) is 0 Å². The summed E-state index contributed by atoms with van der Waals surface area (Å²) in [6.07, 6.45) is 5.83. The van der Waals surface area contributed by atoms with Gasteiger partial charge in [0.1, 0.15) is 0 Å². The summed E-state index contributed by atoms with van der Waals surface area (Å²) in [6, 6.07) is 1.76. The maximum atomic E-state index is 5.47. The van der Waals surface area contributed by atoms with Crippen molar-refractivity contribution >= 4 is 23.3 Å². The zero-order chi connectivity index (χ0) is 11.2. The molecule has 1 fully saturated rings. The molecule has 2 rings (SSSR count). The first-order valence-corrected chi connectivity index (χ1v) is 5.69. The van der Waals surface area contributed by atoms with Crippen molar-refractivity contribution in [3.8, 4) is 0 Å². The van der Waals surface area contributed by atoms with E-state index in [0.29, 0.717) is 11.1 Å². The van der Waals surface area contributed by atoms with Crippen molar-refractivity contribution < 1.29 is 4.74 Å². The van der Waals surface area contributed by atoms with Gasteiger partial charge in [-0.05, 0) is 31.1 Å². The van der Waals surface area contributed by atoms with E-state index in [1.54, 1.807) is 18.5 Å². The highest BCUT2D eigenvalue weighted by atomic mass is 32.1. The summed E-state index contributed by atoms with van der Waals surface area (Å²) in [4.78, 5) is 8.04. The second-order valence-corrected chi connectivity index (χ2v) is 3.95. The molecule has 0 radical (unpaired) electrons. The summed E-state index contributed by atoms with van der Waals surface area (Å²) in [7, 11) is 0. The lowest BCUT2D eigenvalue weighted by Gasteiger charge is -2.12. The predicted molar refractivity (Wildman–Crippen MR) is 65.2 cm³/mol. The molecule has 0 amide bonds. The number of anilines is 1. The molecule has 0 bridgehead atoms. The largest absolute Gasteiger partial charge is 0.376 e. The van der Waals surface area contributed by atoms with Crippen molar-refractivity contribution in [2.24, 2.45) is 0 Å². The van der Waals surface area contributed by atoms with E-state index in [2.05, 4.69) is 20.6 Å². The van der Waals surface area contributed by atoms with E-state index < -0.39 is 0 Å². The van der Waals surface area contributed by atoms with Crippen LogP contribution in [-0.4, -0.2) is 34.3 Å². The van der Waals surface area contributed by atoms with Crippen LogP contribution >= 0.6 is 12.2 Å². The Bertz CT molecular complexity index is 340. The highest BCUT2D eigenvalue weighted by Gasteiger charge is 2.15.